The lowest BCUT2D eigenvalue weighted by molar-refractivity contribution is 0.102. The highest BCUT2D eigenvalue weighted by Gasteiger charge is 2.13. The molecule has 0 saturated heterocycles. The third-order valence-corrected chi connectivity index (χ3v) is 6.89. The maximum Gasteiger partial charge on any atom is 0.256 e. The van der Waals surface area contributed by atoms with Crippen LogP contribution in [0.5, 0.6) is 0 Å². The van der Waals surface area contributed by atoms with Crippen molar-refractivity contribution in [2.75, 3.05) is 5.32 Å². The van der Waals surface area contributed by atoms with E-state index in [1.807, 2.05) is 71.5 Å². The SMILES string of the molecule is O=C(Nc1cnn(Cc2cn3ccccc3n2)c1)c1ccccc1SCc1cccs1. The fourth-order valence-corrected chi connectivity index (χ4v) is 5.09. The molecule has 5 rings (SSSR count). The maximum atomic E-state index is 12.9. The molecule has 1 amide bonds. The molecular formula is C23H19N5OS2. The zero-order chi connectivity index (χ0) is 21.0. The lowest BCUT2D eigenvalue weighted by Gasteiger charge is -2.08. The average Bonchev–Trinajstić information content (AvgIpc) is 3.53. The second kappa shape index (κ2) is 8.79. The second-order valence-electron chi connectivity index (χ2n) is 6.94. The number of hydrogen-bond acceptors (Lipinski definition) is 5. The predicted molar refractivity (Wildman–Crippen MR) is 125 cm³/mol. The Labute approximate surface area is 187 Å². The van der Waals surface area contributed by atoms with Gasteiger partial charge in [0.25, 0.3) is 5.91 Å². The van der Waals surface area contributed by atoms with Crippen LogP contribution in [-0.2, 0) is 12.3 Å². The van der Waals surface area contributed by atoms with Crippen LogP contribution in [0.15, 0.2) is 89.7 Å². The van der Waals surface area contributed by atoms with Gasteiger partial charge in [-0.25, -0.2) is 4.98 Å². The third-order valence-electron chi connectivity index (χ3n) is 4.71. The molecule has 0 bridgehead atoms. The number of fused-ring (bicyclic) bond motifs is 1. The van der Waals surface area contributed by atoms with Crippen LogP contribution in [0, 0.1) is 0 Å². The predicted octanol–water partition coefficient (Wildman–Crippen LogP) is 5.19. The summed E-state index contributed by atoms with van der Waals surface area (Å²) in [6.07, 6.45) is 7.43. The summed E-state index contributed by atoms with van der Waals surface area (Å²) in [5, 5.41) is 9.40. The number of amides is 1. The van der Waals surface area contributed by atoms with E-state index < -0.39 is 0 Å². The molecule has 8 heteroatoms. The number of nitrogens with one attached hydrogen (secondary N) is 1. The first kappa shape index (κ1) is 19.6. The normalized spacial score (nSPS) is 11.1. The van der Waals surface area contributed by atoms with Gasteiger partial charge in [0.1, 0.15) is 5.65 Å². The number of anilines is 1. The number of nitrogens with zero attached hydrogens (tertiary/aromatic N) is 4. The van der Waals surface area contributed by atoms with Crippen LogP contribution in [0.3, 0.4) is 0 Å². The summed E-state index contributed by atoms with van der Waals surface area (Å²) < 4.78 is 3.75. The first-order valence-corrected chi connectivity index (χ1v) is 11.6. The van der Waals surface area contributed by atoms with E-state index in [2.05, 4.69) is 26.8 Å². The number of carbonyl (C=O) groups is 1. The summed E-state index contributed by atoms with van der Waals surface area (Å²) in [5.74, 6) is 0.709. The quantitative estimate of drug-likeness (QED) is 0.350. The van der Waals surface area contributed by atoms with Gasteiger partial charge in [-0.3, -0.25) is 9.48 Å². The summed E-state index contributed by atoms with van der Waals surface area (Å²) in [6, 6.07) is 17.7. The van der Waals surface area contributed by atoms with Gasteiger partial charge in [-0.2, -0.15) is 5.10 Å². The Hall–Kier alpha value is -3.36. The number of pyridine rings is 1. The molecule has 4 heterocycles. The molecule has 0 saturated carbocycles. The molecule has 0 unspecified atom stereocenters. The van der Waals surface area contributed by atoms with Crippen molar-refractivity contribution in [3.05, 3.63) is 101 Å². The van der Waals surface area contributed by atoms with E-state index in [9.17, 15) is 4.79 Å². The van der Waals surface area contributed by atoms with E-state index >= 15 is 0 Å². The van der Waals surface area contributed by atoms with Crippen LogP contribution in [0.25, 0.3) is 5.65 Å². The average molecular weight is 446 g/mol. The van der Waals surface area contributed by atoms with E-state index in [1.165, 1.54) is 4.88 Å². The summed E-state index contributed by atoms with van der Waals surface area (Å²) in [6.45, 7) is 0.533. The van der Waals surface area contributed by atoms with E-state index in [-0.39, 0.29) is 5.91 Å². The summed E-state index contributed by atoms with van der Waals surface area (Å²) in [4.78, 5) is 19.7. The van der Waals surface area contributed by atoms with Crippen molar-refractivity contribution < 1.29 is 4.79 Å². The zero-order valence-electron chi connectivity index (χ0n) is 16.5. The summed E-state index contributed by atoms with van der Waals surface area (Å²) in [7, 11) is 0. The Kier molecular flexibility index (Phi) is 5.56. The van der Waals surface area contributed by atoms with Crippen molar-refractivity contribution in [3.63, 3.8) is 0 Å². The third kappa shape index (κ3) is 4.55. The minimum absolute atomic E-state index is 0.137. The van der Waals surface area contributed by atoms with Crippen molar-refractivity contribution in [1.82, 2.24) is 19.2 Å². The molecule has 31 heavy (non-hydrogen) atoms. The Morgan fingerprint density at radius 1 is 1.06 bits per heavy atom. The van der Waals surface area contributed by atoms with Gasteiger partial charge in [0.05, 0.1) is 29.7 Å². The molecule has 0 aliphatic heterocycles. The molecule has 0 fully saturated rings. The molecule has 6 nitrogen and oxygen atoms in total. The van der Waals surface area contributed by atoms with Crippen LogP contribution >= 0.6 is 23.1 Å². The number of hydrogen-bond donors (Lipinski definition) is 1. The van der Waals surface area contributed by atoms with Gasteiger partial charge in [0.2, 0.25) is 0 Å². The second-order valence-corrected chi connectivity index (χ2v) is 8.99. The van der Waals surface area contributed by atoms with Gasteiger partial charge in [0.15, 0.2) is 0 Å². The van der Waals surface area contributed by atoms with Gasteiger partial charge in [-0.1, -0.05) is 24.3 Å². The van der Waals surface area contributed by atoms with Crippen molar-refractivity contribution in [2.24, 2.45) is 0 Å². The lowest BCUT2D eigenvalue weighted by atomic mass is 10.2. The molecule has 0 atom stereocenters. The maximum absolute atomic E-state index is 12.9. The van der Waals surface area contributed by atoms with Crippen LogP contribution in [-0.4, -0.2) is 25.1 Å². The van der Waals surface area contributed by atoms with Crippen molar-refractivity contribution in [3.8, 4) is 0 Å². The summed E-state index contributed by atoms with van der Waals surface area (Å²) >= 11 is 3.40. The first-order valence-electron chi connectivity index (χ1n) is 9.75. The van der Waals surface area contributed by atoms with Gasteiger partial charge >= 0.3 is 0 Å². The Bertz CT molecular complexity index is 1290. The van der Waals surface area contributed by atoms with Gasteiger partial charge < -0.3 is 9.72 Å². The topological polar surface area (TPSA) is 64.2 Å². The number of aromatic nitrogens is 4. The van der Waals surface area contributed by atoms with Crippen molar-refractivity contribution >= 4 is 40.3 Å². The fraction of sp³-hybridized carbons (Fsp3) is 0.0870. The highest BCUT2D eigenvalue weighted by molar-refractivity contribution is 7.98. The van der Waals surface area contributed by atoms with E-state index in [0.717, 1.165) is 22.0 Å². The number of rotatable bonds is 7. The van der Waals surface area contributed by atoms with Gasteiger partial charge in [0, 0.05) is 34.1 Å². The van der Waals surface area contributed by atoms with Crippen LogP contribution < -0.4 is 5.32 Å². The number of imidazole rings is 1. The largest absolute Gasteiger partial charge is 0.319 e. The smallest absolute Gasteiger partial charge is 0.256 e. The lowest BCUT2D eigenvalue weighted by Crippen LogP contribution is -2.12. The minimum Gasteiger partial charge on any atom is -0.319 e. The van der Waals surface area contributed by atoms with Crippen LogP contribution in [0.1, 0.15) is 20.9 Å². The highest BCUT2D eigenvalue weighted by Crippen LogP contribution is 2.28. The molecule has 0 spiro atoms. The summed E-state index contributed by atoms with van der Waals surface area (Å²) in [5.41, 5.74) is 3.13. The van der Waals surface area contributed by atoms with Crippen molar-refractivity contribution in [2.45, 2.75) is 17.2 Å². The molecule has 4 aromatic heterocycles. The molecule has 1 aromatic carbocycles. The molecule has 0 aliphatic carbocycles. The molecule has 0 radical (unpaired) electrons. The zero-order valence-corrected chi connectivity index (χ0v) is 18.1. The highest BCUT2D eigenvalue weighted by atomic mass is 32.2. The van der Waals surface area contributed by atoms with Gasteiger partial charge in [-0.15, -0.1) is 23.1 Å². The van der Waals surface area contributed by atoms with E-state index in [4.69, 9.17) is 0 Å². The van der Waals surface area contributed by atoms with Crippen molar-refractivity contribution in [1.29, 1.82) is 0 Å². The number of carbonyl (C=O) groups excluding carboxylic acids is 1. The monoisotopic (exact) mass is 445 g/mol. The van der Waals surface area contributed by atoms with Crippen LogP contribution in [0.4, 0.5) is 5.69 Å². The Morgan fingerprint density at radius 2 is 1.97 bits per heavy atom. The minimum atomic E-state index is -0.137. The Morgan fingerprint density at radius 3 is 2.84 bits per heavy atom. The van der Waals surface area contributed by atoms with E-state index in [0.29, 0.717) is 17.8 Å². The molecule has 1 N–H and O–H groups in total. The Balaban J connectivity index is 1.26. The molecule has 0 aliphatic rings. The molecular weight excluding hydrogens is 426 g/mol. The molecule has 5 aromatic rings. The standard InChI is InChI=1S/C23H19N5OS2/c29-23(20-7-1-2-8-21(20)31-16-19-6-5-11-30-19)26-17-12-24-28(14-17)15-18-13-27-10-4-3-9-22(27)25-18/h1-14H,15-16H2,(H,26,29). The molecule has 154 valence electrons. The van der Waals surface area contributed by atoms with Crippen LogP contribution in [0.2, 0.25) is 0 Å². The van der Waals surface area contributed by atoms with Gasteiger partial charge in [-0.05, 0) is 35.7 Å². The number of thioether (sulfide) groups is 1. The number of benzene rings is 1. The number of thiophene rings is 1. The first-order chi connectivity index (χ1) is 15.2. The fourth-order valence-electron chi connectivity index (χ4n) is 3.27. The van der Waals surface area contributed by atoms with E-state index in [1.54, 1.807) is 34.0 Å².